The van der Waals surface area contributed by atoms with Crippen molar-refractivity contribution >= 4 is 23.3 Å². The summed E-state index contributed by atoms with van der Waals surface area (Å²) in [5, 5.41) is 12.9. The molecule has 1 fully saturated rings. The minimum absolute atomic E-state index is 0.281. The molecule has 1 N–H and O–H groups in total. The highest BCUT2D eigenvalue weighted by molar-refractivity contribution is 8.00. The fourth-order valence-electron chi connectivity index (χ4n) is 2.72. The third kappa shape index (κ3) is 3.02. The number of aromatic nitrogens is 2. The number of nitriles is 1. The standard InChI is InChI=1S/C12H18N4S2/c1-2-15-12(8-13)6-3-4-10(12)5-7-17-11-14-9-16-18-11/h9-10,15H,2-7H2,1H3. The number of hydrogen-bond donors (Lipinski definition) is 1. The van der Waals surface area contributed by atoms with Crippen LogP contribution in [0, 0.1) is 17.2 Å². The van der Waals surface area contributed by atoms with E-state index in [9.17, 15) is 5.26 Å². The summed E-state index contributed by atoms with van der Waals surface area (Å²) in [6.07, 6.45) is 5.99. The second-order valence-corrected chi connectivity index (χ2v) is 6.67. The van der Waals surface area contributed by atoms with Crippen LogP contribution in [0.4, 0.5) is 0 Å². The van der Waals surface area contributed by atoms with Crippen LogP contribution < -0.4 is 5.32 Å². The van der Waals surface area contributed by atoms with E-state index in [1.807, 2.05) is 0 Å². The molecule has 0 spiro atoms. The van der Waals surface area contributed by atoms with Gasteiger partial charge in [-0.2, -0.15) is 9.64 Å². The van der Waals surface area contributed by atoms with E-state index in [1.165, 1.54) is 11.5 Å². The molecule has 98 valence electrons. The zero-order chi connectivity index (χ0) is 12.8. The molecule has 1 aliphatic rings. The molecule has 0 aliphatic heterocycles. The normalized spacial score (nSPS) is 27.2. The van der Waals surface area contributed by atoms with Crippen LogP contribution in [0.5, 0.6) is 0 Å². The van der Waals surface area contributed by atoms with E-state index in [4.69, 9.17) is 0 Å². The van der Waals surface area contributed by atoms with Gasteiger partial charge in [0.05, 0.1) is 6.07 Å². The zero-order valence-corrected chi connectivity index (χ0v) is 12.2. The molecule has 0 bridgehead atoms. The maximum atomic E-state index is 9.46. The van der Waals surface area contributed by atoms with Crippen molar-refractivity contribution in [2.75, 3.05) is 12.3 Å². The van der Waals surface area contributed by atoms with Crippen LogP contribution in [0.3, 0.4) is 0 Å². The Morgan fingerprint density at radius 1 is 1.72 bits per heavy atom. The van der Waals surface area contributed by atoms with Crippen LogP contribution in [-0.2, 0) is 0 Å². The molecule has 1 saturated carbocycles. The third-order valence-electron chi connectivity index (χ3n) is 3.55. The van der Waals surface area contributed by atoms with Gasteiger partial charge in [0.1, 0.15) is 11.9 Å². The predicted molar refractivity (Wildman–Crippen MR) is 74.6 cm³/mol. The molecule has 2 atom stereocenters. The van der Waals surface area contributed by atoms with Gasteiger partial charge in [-0.3, -0.25) is 5.32 Å². The largest absolute Gasteiger partial charge is 0.299 e. The minimum atomic E-state index is -0.281. The van der Waals surface area contributed by atoms with E-state index >= 15 is 0 Å². The highest BCUT2D eigenvalue weighted by Gasteiger charge is 2.41. The van der Waals surface area contributed by atoms with Crippen molar-refractivity contribution in [2.24, 2.45) is 5.92 Å². The molecule has 2 unspecified atom stereocenters. The summed E-state index contributed by atoms with van der Waals surface area (Å²) in [6, 6.07) is 2.53. The lowest BCUT2D eigenvalue weighted by Crippen LogP contribution is -2.47. The predicted octanol–water partition coefficient (Wildman–Crippen LogP) is 2.69. The first-order valence-electron chi connectivity index (χ1n) is 6.36. The Hall–Kier alpha value is -0.640. The Morgan fingerprint density at radius 2 is 2.61 bits per heavy atom. The lowest BCUT2D eigenvalue weighted by Gasteiger charge is -2.29. The summed E-state index contributed by atoms with van der Waals surface area (Å²) >= 11 is 3.19. The van der Waals surface area contributed by atoms with Gasteiger partial charge in [0.15, 0.2) is 4.34 Å². The first-order chi connectivity index (χ1) is 8.80. The molecular formula is C12H18N4S2. The Bertz CT molecular complexity index is 401. The van der Waals surface area contributed by atoms with Gasteiger partial charge in [-0.15, -0.1) is 0 Å². The van der Waals surface area contributed by atoms with Gasteiger partial charge in [-0.1, -0.05) is 25.1 Å². The number of nitrogens with one attached hydrogen (secondary N) is 1. The smallest absolute Gasteiger partial charge is 0.169 e. The fraction of sp³-hybridized carbons (Fsp3) is 0.750. The van der Waals surface area contributed by atoms with Crippen LogP contribution >= 0.6 is 23.3 Å². The van der Waals surface area contributed by atoms with Crippen molar-refractivity contribution in [2.45, 2.75) is 42.5 Å². The van der Waals surface area contributed by atoms with E-state index in [-0.39, 0.29) is 5.54 Å². The fourth-order valence-corrected chi connectivity index (χ4v) is 4.29. The molecule has 18 heavy (non-hydrogen) atoms. The van der Waals surface area contributed by atoms with Crippen molar-refractivity contribution in [1.82, 2.24) is 14.7 Å². The summed E-state index contributed by atoms with van der Waals surface area (Å²) in [5.41, 5.74) is -0.281. The number of nitrogens with zero attached hydrogens (tertiary/aromatic N) is 3. The Balaban J connectivity index is 1.86. The maximum absolute atomic E-state index is 9.46. The Morgan fingerprint density at radius 3 is 3.28 bits per heavy atom. The van der Waals surface area contributed by atoms with Crippen molar-refractivity contribution in [3.63, 3.8) is 0 Å². The monoisotopic (exact) mass is 282 g/mol. The molecule has 1 aromatic rings. The molecule has 1 aliphatic carbocycles. The van der Waals surface area contributed by atoms with Crippen molar-refractivity contribution < 1.29 is 0 Å². The SMILES string of the molecule is CCNC1(C#N)CCCC1CCSc1ncns1. The number of rotatable bonds is 6. The van der Waals surface area contributed by atoms with Crippen LogP contribution in [-0.4, -0.2) is 27.2 Å². The molecule has 4 nitrogen and oxygen atoms in total. The van der Waals surface area contributed by atoms with Gasteiger partial charge in [0.25, 0.3) is 0 Å². The summed E-state index contributed by atoms with van der Waals surface area (Å²) < 4.78 is 5.02. The molecule has 6 heteroatoms. The van der Waals surface area contributed by atoms with Crippen LogP contribution in [0.1, 0.15) is 32.6 Å². The first kappa shape index (κ1) is 13.8. The van der Waals surface area contributed by atoms with E-state index in [0.717, 1.165) is 42.3 Å². The van der Waals surface area contributed by atoms with Crippen molar-refractivity contribution in [1.29, 1.82) is 5.26 Å². The van der Waals surface area contributed by atoms with Gasteiger partial charge in [-0.25, -0.2) is 4.98 Å². The van der Waals surface area contributed by atoms with Crippen LogP contribution in [0.15, 0.2) is 10.7 Å². The third-order valence-corrected chi connectivity index (χ3v) is 5.38. The average molecular weight is 282 g/mol. The van der Waals surface area contributed by atoms with E-state index in [0.29, 0.717) is 5.92 Å². The molecule has 2 rings (SSSR count). The molecule has 1 aromatic heterocycles. The first-order valence-corrected chi connectivity index (χ1v) is 8.12. The Labute approximate surface area is 116 Å². The maximum Gasteiger partial charge on any atom is 0.169 e. The van der Waals surface area contributed by atoms with Gasteiger partial charge >= 0.3 is 0 Å². The second kappa shape index (κ2) is 6.50. The van der Waals surface area contributed by atoms with E-state index in [1.54, 1.807) is 18.1 Å². The second-order valence-electron chi connectivity index (χ2n) is 4.55. The van der Waals surface area contributed by atoms with Gasteiger partial charge < -0.3 is 0 Å². The van der Waals surface area contributed by atoms with Gasteiger partial charge in [-0.05, 0) is 43.3 Å². The highest BCUT2D eigenvalue weighted by atomic mass is 32.2. The minimum Gasteiger partial charge on any atom is -0.299 e. The molecule has 0 saturated heterocycles. The summed E-state index contributed by atoms with van der Waals surface area (Å²) in [6.45, 7) is 2.94. The van der Waals surface area contributed by atoms with Gasteiger partial charge in [0, 0.05) is 5.75 Å². The zero-order valence-electron chi connectivity index (χ0n) is 10.6. The molecule has 1 heterocycles. The van der Waals surface area contributed by atoms with Crippen molar-refractivity contribution in [3.8, 4) is 6.07 Å². The van der Waals surface area contributed by atoms with Crippen molar-refractivity contribution in [3.05, 3.63) is 6.33 Å². The molecule has 0 radical (unpaired) electrons. The number of hydrogen-bond acceptors (Lipinski definition) is 6. The molecule has 0 amide bonds. The molecular weight excluding hydrogens is 264 g/mol. The average Bonchev–Trinajstić information content (AvgIpc) is 3.01. The Kier molecular flexibility index (Phi) is 4.98. The number of thioether (sulfide) groups is 1. The highest BCUT2D eigenvalue weighted by Crippen LogP contribution is 2.38. The van der Waals surface area contributed by atoms with Gasteiger partial charge in [0.2, 0.25) is 0 Å². The topological polar surface area (TPSA) is 61.6 Å². The van der Waals surface area contributed by atoms with E-state index in [2.05, 4.69) is 27.7 Å². The van der Waals surface area contributed by atoms with Crippen LogP contribution in [0.25, 0.3) is 0 Å². The lowest BCUT2D eigenvalue weighted by molar-refractivity contribution is 0.317. The van der Waals surface area contributed by atoms with E-state index < -0.39 is 0 Å². The summed E-state index contributed by atoms with van der Waals surface area (Å²) in [5.74, 6) is 1.50. The quantitative estimate of drug-likeness (QED) is 0.813. The van der Waals surface area contributed by atoms with Crippen LogP contribution in [0.2, 0.25) is 0 Å². The summed E-state index contributed by atoms with van der Waals surface area (Å²) in [7, 11) is 0. The molecule has 0 aromatic carbocycles. The lowest BCUT2D eigenvalue weighted by atomic mass is 9.86. The summed E-state index contributed by atoms with van der Waals surface area (Å²) in [4.78, 5) is 4.16.